The predicted molar refractivity (Wildman–Crippen MR) is 89.0 cm³/mol. The zero-order chi connectivity index (χ0) is 16.1. The van der Waals surface area contributed by atoms with Gasteiger partial charge in [-0.05, 0) is 29.8 Å². The van der Waals surface area contributed by atoms with Crippen molar-refractivity contribution in [2.24, 2.45) is 0 Å². The maximum absolute atomic E-state index is 10.2. The number of aromatic hydroxyl groups is 1. The molecule has 1 aromatic heterocycles. The Morgan fingerprint density at radius 3 is 2.43 bits per heavy atom. The van der Waals surface area contributed by atoms with Gasteiger partial charge in [0, 0.05) is 18.2 Å². The van der Waals surface area contributed by atoms with Crippen LogP contribution in [0.4, 0.5) is 5.82 Å². The van der Waals surface area contributed by atoms with Crippen LogP contribution in [0.2, 0.25) is 0 Å². The number of phenolic OH excluding ortho intramolecular Hbond substituents is 1. The first-order chi connectivity index (χ1) is 11.2. The average molecular weight is 307 g/mol. The Labute approximate surface area is 134 Å². The van der Waals surface area contributed by atoms with Gasteiger partial charge < -0.3 is 15.5 Å². The molecule has 0 radical (unpaired) electrons. The lowest BCUT2D eigenvalue weighted by atomic mass is 10.1. The van der Waals surface area contributed by atoms with Gasteiger partial charge in [-0.3, -0.25) is 0 Å². The van der Waals surface area contributed by atoms with Crippen LogP contribution in [0.15, 0.2) is 67.0 Å². The molecule has 2 aromatic carbocycles. The van der Waals surface area contributed by atoms with Gasteiger partial charge in [0.1, 0.15) is 17.9 Å². The molecule has 5 nitrogen and oxygen atoms in total. The van der Waals surface area contributed by atoms with Gasteiger partial charge in [0.25, 0.3) is 0 Å². The number of aliphatic hydroxyl groups excluding tert-OH is 1. The zero-order valence-electron chi connectivity index (χ0n) is 12.4. The van der Waals surface area contributed by atoms with E-state index in [9.17, 15) is 10.2 Å². The summed E-state index contributed by atoms with van der Waals surface area (Å²) < 4.78 is 0. The SMILES string of the molecule is Oc1ccc(-c2cc(NCC(O)c3ccccc3)ncn2)cc1. The molecule has 1 unspecified atom stereocenters. The number of nitrogens with one attached hydrogen (secondary N) is 1. The number of hydrogen-bond acceptors (Lipinski definition) is 5. The van der Waals surface area contributed by atoms with Gasteiger partial charge in [-0.15, -0.1) is 0 Å². The molecule has 3 rings (SSSR count). The minimum Gasteiger partial charge on any atom is -0.508 e. The Morgan fingerprint density at radius 2 is 1.70 bits per heavy atom. The molecular formula is C18H17N3O2. The van der Waals surface area contributed by atoms with Crippen LogP contribution in [0.25, 0.3) is 11.3 Å². The highest BCUT2D eigenvalue weighted by atomic mass is 16.3. The van der Waals surface area contributed by atoms with Crippen LogP contribution in [0.3, 0.4) is 0 Å². The van der Waals surface area contributed by atoms with Gasteiger partial charge in [-0.25, -0.2) is 9.97 Å². The van der Waals surface area contributed by atoms with Gasteiger partial charge in [0.05, 0.1) is 11.8 Å². The minimum absolute atomic E-state index is 0.215. The molecule has 23 heavy (non-hydrogen) atoms. The lowest BCUT2D eigenvalue weighted by Crippen LogP contribution is -2.13. The summed E-state index contributed by atoms with van der Waals surface area (Å²) in [7, 11) is 0. The monoisotopic (exact) mass is 307 g/mol. The maximum Gasteiger partial charge on any atom is 0.130 e. The number of benzene rings is 2. The molecule has 0 aliphatic heterocycles. The van der Waals surface area contributed by atoms with Crippen molar-refractivity contribution < 1.29 is 10.2 Å². The average Bonchev–Trinajstić information content (AvgIpc) is 2.61. The summed E-state index contributed by atoms with van der Waals surface area (Å²) in [4.78, 5) is 8.39. The number of anilines is 1. The van der Waals surface area contributed by atoms with Crippen LogP contribution in [0.1, 0.15) is 11.7 Å². The zero-order valence-corrected chi connectivity index (χ0v) is 12.4. The highest BCUT2D eigenvalue weighted by molar-refractivity contribution is 5.62. The van der Waals surface area contributed by atoms with Gasteiger partial charge in [-0.2, -0.15) is 0 Å². The van der Waals surface area contributed by atoms with E-state index in [1.54, 1.807) is 24.3 Å². The van der Waals surface area contributed by atoms with Crippen molar-refractivity contribution in [1.82, 2.24) is 9.97 Å². The smallest absolute Gasteiger partial charge is 0.130 e. The van der Waals surface area contributed by atoms with Gasteiger partial charge in [0.2, 0.25) is 0 Å². The number of aromatic nitrogens is 2. The standard InChI is InChI=1S/C18H17N3O2/c22-15-8-6-13(7-9-15)16-10-18(21-12-20-16)19-11-17(23)14-4-2-1-3-5-14/h1-10,12,17,22-23H,11H2,(H,19,20,21). The molecule has 0 spiro atoms. The third-order valence-corrected chi connectivity index (χ3v) is 3.49. The first-order valence-corrected chi connectivity index (χ1v) is 7.31. The van der Waals surface area contributed by atoms with Crippen LogP contribution in [-0.4, -0.2) is 26.7 Å². The summed E-state index contributed by atoms with van der Waals surface area (Å²) in [5.41, 5.74) is 2.49. The van der Waals surface area contributed by atoms with E-state index >= 15 is 0 Å². The molecule has 0 amide bonds. The number of rotatable bonds is 5. The largest absolute Gasteiger partial charge is 0.508 e. The summed E-state index contributed by atoms with van der Waals surface area (Å²) in [5, 5.41) is 22.6. The Hall–Kier alpha value is -2.92. The fourth-order valence-corrected chi connectivity index (χ4v) is 2.24. The van der Waals surface area contributed by atoms with Crippen molar-refractivity contribution in [3.63, 3.8) is 0 Å². The van der Waals surface area contributed by atoms with Gasteiger partial charge in [0.15, 0.2) is 0 Å². The van der Waals surface area contributed by atoms with Crippen LogP contribution < -0.4 is 5.32 Å². The summed E-state index contributed by atoms with van der Waals surface area (Å²) in [6.45, 7) is 0.357. The maximum atomic E-state index is 10.2. The second-order valence-electron chi connectivity index (χ2n) is 5.14. The van der Waals surface area contributed by atoms with Gasteiger partial charge in [-0.1, -0.05) is 30.3 Å². The molecule has 3 aromatic rings. The normalized spacial score (nSPS) is 11.9. The van der Waals surface area contributed by atoms with Crippen LogP contribution >= 0.6 is 0 Å². The van der Waals surface area contributed by atoms with Crippen molar-refractivity contribution >= 4 is 5.82 Å². The fourth-order valence-electron chi connectivity index (χ4n) is 2.24. The first kappa shape index (κ1) is 15.0. The Balaban J connectivity index is 1.69. The molecule has 0 saturated heterocycles. The summed E-state index contributed by atoms with van der Waals surface area (Å²) in [5.74, 6) is 0.852. The molecule has 0 fully saturated rings. The first-order valence-electron chi connectivity index (χ1n) is 7.31. The topological polar surface area (TPSA) is 78.3 Å². The number of nitrogens with zero attached hydrogens (tertiary/aromatic N) is 2. The molecule has 116 valence electrons. The third kappa shape index (κ3) is 3.84. The van der Waals surface area contributed by atoms with E-state index < -0.39 is 6.10 Å². The molecule has 3 N–H and O–H groups in total. The summed E-state index contributed by atoms with van der Waals surface area (Å²) in [6, 6.07) is 18.1. The van der Waals surface area contributed by atoms with Crippen molar-refractivity contribution in [1.29, 1.82) is 0 Å². The van der Waals surface area contributed by atoms with E-state index in [1.165, 1.54) is 6.33 Å². The van der Waals surface area contributed by atoms with Crippen molar-refractivity contribution in [3.8, 4) is 17.0 Å². The molecule has 0 aliphatic carbocycles. The number of phenols is 1. The molecule has 0 saturated carbocycles. The van der Waals surface area contributed by atoms with E-state index in [-0.39, 0.29) is 5.75 Å². The molecule has 1 heterocycles. The molecule has 5 heteroatoms. The number of hydrogen-bond donors (Lipinski definition) is 3. The second kappa shape index (κ2) is 6.89. The van der Waals surface area contributed by atoms with Crippen LogP contribution in [-0.2, 0) is 0 Å². The van der Waals surface area contributed by atoms with Gasteiger partial charge >= 0.3 is 0 Å². The van der Waals surface area contributed by atoms with E-state index in [0.29, 0.717) is 12.4 Å². The lowest BCUT2D eigenvalue weighted by Gasteiger charge is -2.13. The second-order valence-corrected chi connectivity index (χ2v) is 5.14. The molecule has 0 bridgehead atoms. The lowest BCUT2D eigenvalue weighted by molar-refractivity contribution is 0.191. The van der Waals surface area contributed by atoms with Crippen molar-refractivity contribution in [2.45, 2.75) is 6.10 Å². The van der Waals surface area contributed by atoms with E-state index in [2.05, 4.69) is 15.3 Å². The van der Waals surface area contributed by atoms with E-state index in [1.807, 2.05) is 36.4 Å². The Morgan fingerprint density at radius 1 is 0.957 bits per heavy atom. The summed E-state index contributed by atoms with van der Waals surface area (Å²) >= 11 is 0. The fraction of sp³-hybridized carbons (Fsp3) is 0.111. The van der Waals surface area contributed by atoms with Crippen molar-refractivity contribution in [3.05, 3.63) is 72.6 Å². The Kier molecular flexibility index (Phi) is 4.49. The summed E-state index contributed by atoms with van der Waals surface area (Å²) in [6.07, 6.45) is 0.864. The minimum atomic E-state index is -0.608. The highest BCUT2D eigenvalue weighted by Gasteiger charge is 2.08. The Bertz CT molecular complexity index is 761. The van der Waals surface area contributed by atoms with Crippen LogP contribution in [0.5, 0.6) is 5.75 Å². The van der Waals surface area contributed by atoms with Crippen LogP contribution in [0, 0.1) is 0 Å². The third-order valence-electron chi connectivity index (χ3n) is 3.49. The predicted octanol–water partition coefficient (Wildman–Crippen LogP) is 2.99. The number of aliphatic hydroxyl groups is 1. The van der Waals surface area contributed by atoms with Crippen molar-refractivity contribution in [2.75, 3.05) is 11.9 Å². The highest BCUT2D eigenvalue weighted by Crippen LogP contribution is 2.21. The molecular weight excluding hydrogens is 290 g/mol. The molecule has 1 atom stereocenters. The van der Waals surface area contributed by atoms with E-state index in [0.717, 1.165) is 16.8 Å². The quantitative estimate of drug-likeness (QED) is 0.675. The van der Waals surface area contributed by atoms with E-state index in [4.69, 9.17) is 0 Å². The molecule has 0 aliphatic rings.